The molecule has 0 aliphatic heterocycles. The molecule has 0 aromatic heterocycles. The van der Waals surface area contributed by atoms with Gasteiger partial charge in [-0.25, -0.2) is 0 Å². The summed E-state index contributed by atoms with van der Waals surface area (Å²) in [6.07, 6.45) is 0. The van der Waals surface area contributed by atoms with Gasteiger partial charge in [0.1, 0.15) is 6.61 Å². The third-order valence-corrected chi connectivity index (χ3v) is 2.02. The second-order valence-corrected chi connectivity index (χ2v) is 3.25. The molecule has 1 aromatic carbocycles. The van der Waals surface area contributed by atoms with Crippen LogP contribution in [0.1, 0.15) is 11.1 Å². The van der Waals surface area contributed by atoms with Crippen molar-refractivity contribution in [3.8, 4) is 0 Å². The summed E-state index contributed by atoms with van der Waals surface area (Å²) in [4.78, 5) is 11.3. The maximum absolute atomic E-state index is 11.3. The number of carbonyl (C=O) groups is 1. The molecule has 1 aromatic rings. The zero-order valence-electron chi connectivity index (χ0n) is 9.76. The van der Waals surface area contributed by atoms with Gasteiger partial charge >= 0.3 is 0 Å². The van der Waals surface area contributed by atoms with Crippen molar-refractivity contribution in [1.29, 1.82) is 0 Å². The summed E-state index contributed by atoms with van der Waals surface area (Å²) in [6, 6.07) is 5.90. The first kappa shape index (κ1) is 14.6. The predicted molar refractivity (Wildman–Crippen MR) is 62.2 cm³/mol. The molecular formula is C11H15NNaO2. The van der Waals surface area contributed by atoms with Gasteiger partial charge in [0.2, 0.25) is 5.91 Å². The first-order chi connectivity index (χ1) is 6.65. The van der Waals surface area contributed by atoms with Crippen LogP contribution in [-0.4, -0.2) is 49.2 Å². The molecular weight excluding hydrogens is 201 g/mol. The van der Waals surface area contributed by atoms with Crippen molar-refractivity contribution in [2.75, 3.05) is 19.0 Å². The van der Waals surface area contributed by atoms with Crippen LogP contribution in [0.3, 0.4) is 0 Å². The van der Waals surface area contributed by atoms with Crippen LogP contribution in [0.5, 0.6) is 0 Å². The molecule has 0 bridgehead atoms. The van der Waals surface area contributed by atoms with Crippen molar-refractivity contribution in [1.82, 2.24) is 0 Å². The Kier molecular flexibility index (Phi) is 6.85. The Balaban J connectivity index is 0.00000196. The Morgan fingerprint density at radius 1 is 1.33 bits per heavy atom. The second-order valence-electron chi connectivity index (χ2n) is 3.25. The molecule has 4 heteroatoms. The van der Waals surface area contributed by atoms with Gasteiger partial charge in [-0.05, 0) is 25.0 Å². The fourth-order valence-electron chi connectivity index (χ4n) is 1.32. The molecule has 0 aliphatic carbocycles. The van der Waals surface area contributed by atoms with Crippen molar-refractivity contribution in [3.63, 3.8) is 0 Å². The summed E-state index contributed by atoms with van der Waals surface area (Å²) < 4.78 is 4.74. The molecule has 1 rings (SSSR count). The first-order valence-corrected chi connectivity index (χ1v) is 4.50. The summed E-state index contributed by atoms with van der Waals surface area (Å²) in [7, 11) is 1.50. The van der Waals surface area contributed by atoms with Gasteiger partial charge < -0.3 is 10.1 Å². The summed E-state index contributed by atoms with van der Waals surface area (Å²) in [5.74, 6) is -0.120. The van der Waals surface area contributed by atoms with Crippen LogP contribution in [0.15, 0.2) is 18.2 Å². The van der Waals surface area contributed by atoms with Crippen LogP contribution in [0, 0.1) is 13.8 Å². The minimum absolute atomic E-state index is 0. The van der Waals surface area contributed by atoms with E-state index in [1.165, 1.54) is 7.11 Å². The normalized spacial score (nSPS) is 9.27. The van der Waals surface area contributed by atoms with Crippen LogP contribution in [0.25, 0.3) is 0 Å². The predicted octanol–water partition coefficient (Wildman–Crippen LogP) is 1.51. The van der Waals surface area contributed by atoms with E-state index >= 15 is 0 Å². The van der Waals surface area contributed by atoms with E-state index in [9.17, 15) is 4.79 Å². The zero-order valence-corrected chi connectivity index (χ0v) is 11.8. The minimum Gasteiger partial charge on any atom is -0.375 e. The number of amides is 1. The number of hydrogen-bond acceptors (Lipinski definition) is 2. The van der Waals surface area contributed by atoms with Crippen molar-refractivity contribution in [3.05, 3.63) is 29.3 Å². The number of carbonyl (C=O) groups excluding carboxylic acids is 1. The quantitative estimate of drug-likeness (QED) is 0.778. The summed E-state index contributed by atoms with van der Waals surface area (Å²) in [6.45, 7) is 4.03. The van der Waals surface area contributed by atoms with Crippen molar-refractivity contribution in [2.45, 2.75) is 13.8 Å². The molecule has 0 atom stereocenters. The number of rotatable bonds is 3. The molecule has 0 saturated heterocycles. The number of methoxy groups -OCH3 is 1. The Morgan fingerprint density at radius 2 is 1.87 bits per heavy atom. The summed E-state index contributed by atoms with van der Waals surface area (Å²) >= 11 is 0. The molecule has 1 N–H and O–H groups in total. The number of benzene rings is 1. The van der Waals surface area contributed by atoms with E-state index < -0.39 is 0 Å². The average Bonchev–Trinajstić information content (AvgIpc) is 2.12. The van der Waals surface area contributed by atoms with Gasteiger partial charge in [0.15, 0.2) is 0 Å². The Morgan fingerprint density at radius 3 is 2.33 bits per heavy atom. The first-order valence-electron chi connectivity index (χ1n) is 4.50. The van der Waals surface area contributed by atoms with E-state index in [1.807, 2.05) is 32.0 Å². The van der Waals surface area contributed by atoms with Gasteiger partial charge in [-0.2, -0.15) is 0 Å². The van der Waals surface area contributed by atoms with Crippen LogP contribution in [-0.2, 0) is 9.53 Å². The van der Waals surface area contributed by atoms with Gasteiger partial charge in [0.05, 0.1) is 0 Å². The molecule has 77 valence electrons. The fourth-order valence-corrected chi connectivity index (χ4v) is 1.32. The standard InChI is InChI=1S/C11H15NO2.Na/c1-8-5-4-6-9(2)11(8)12-10(13)7-14-3;/h4-6H,7H2,1-3H3,(H,12,13);. The zero-order chi connectivity index (χ0) is 10.6. The van der Waals surface area contributed by atoms with E-state index in [4.69, 9.17) is 4.74 Å². The molecule has 0 spiro atoms. The molecule has 1 amide bonds. The maximum atomic E-state index is 11.3. The molecule has 0 heterocycles. The number of nitrogens with one attached hydrogen (secondary N) is 1. The van der Waals surface area contributed by atoms with Gasteiger partial charge in [0.25, 0.3) is 0 Å². The SMILES string of the molecule is COCC(=O)Nc1c(C)cccc1C.[Na]. The third kappa shape index (κ3) is 4.34. The van der Waals surface area contributed by atoms with Crippen LogP contribution >= 0.6 is 0 Å². The number of para-hydroxylation sites is 1. The third-order valence-electron chi connectivity index (χ3n) is 2.02. The van der Waals surface area contributed by atoms with Crippen LogP contribution < -0.4 is 5.32 Å². The van der Waals surface area contributed by atoms with Crippen molar-refractivity contribution >= 4 is 41.2 Å². The summed E-state index contributed by atoms with van der Waals surface area (Å²) in [5, 5.41) is 2.82. The molecule has 1 radical (unpaired) electrons. The number of ether oxygens (including phenoxy) is 1. The van der Waals surface area contributed by atoms with E-state index in [1.54, 1.807) is 0 Å². The van der Waals surface area contributed by atoms with Gasteiger partial charge in [-0.1, -0.05) is 18.2 Å². The monoisotopic (exact) mass is 216 g/mol. The van der Waals surface area contributed by atoms with Crippen molar-refractivity contribution in [2.24, 2.45) is 0 Å². The van der Waals surface area contributed by atoms with E-state index in [2.05, 4.69) is 5.32 Å². The molecule has 0 saturated carbocycles. The smallest absolute Gasteiger partial charge is 0.250 e. The van der Waals surface area contributed by atoms with Gasteiger partial charge in [-0.3, -0.25) is 4.79 Å². The largest absolute Gasteiger partial charge is 0.375 e. The minimum atomic E-state index is -0.120. The van der Waals surface area contributed by atoms with Crippen molar-refractivity contribution < 1.29 is 9.53 Å². The number of hydrogen-bond donors (Lipinski definition) is 1. The number of anilines is 1. The van der Waals surface area contributed by atoms with E-state index in [0.717, 1.165) is 16.8 Å². The van der Waals surface area contributed by atoms with Gasteiger partial charge in [0, 0.05) is 42.4 Å². The molecule has 3 nitrogen and oxygen atoms in total. The van der Waals surface area contributed by atoms with E-state index in [-0.39, 0.29) is 42.1 Å². The Bertz CT molecular complexity index is 319. The maximum Gasteiger partial charge on any atom is 0.250 e. The molecule has 0 fully saturated rings. The van der Waals surface area contributed by atoms with Gasteiger partial charge in [-0.15, -0.1) is 0 Å². The Hall–Kier alpha value is -0.350. The molecule has 15 heavy (non-hydrogen) atoms. The molecule has 0 aliphatic rings. The van der Waals surface area contributed by atoms with E-state index in [0.29, 0.717) is 0 Å². The second kappa shape index (κ2) is 7.01. The molecule has 0 unspecified atom stereocenters. The topological polar surface area (TPSA) is 38.3 Å². The average molecular weight is 216 g/mol. The fraction of sp³-hybridized carbons (Fsp3) is 0.364. The summed E-state index contributed by atoms with van der Waals surface area (Å²) in [5.41, 5.74) is 3.01. The number of aryl methyl sites for hydroxylation is 2. The Labute approximate surface area is 112 Å². The van der Waals surface area contributed by atoms with Crippen LogP contribution in [0.4, 0.5) is 5.69 Å². The van der Waals surface area contributed by atoms with Crippen LogP contribution in [0.2, 0.25) is 0 Å².